The summed E-state index contributed by atoms with van der Waals surface area (Å²) in [5, 5.41) is 7.55. The van der Waals surface area contributed by atoms with Crippen molar-refractivity contribution in [3.8, 4) is 0 Å². The lowest BCUT2D eigenvalue weighted by Gasteiger charge is -2.13. The molecule has 118 valence electrons. The number of ether oxygens (including phenoxy) is 1. The molecule has 3 N–H and O–H groups in total. The largest absolute Gasteiger partial charge is 0.384 e. The first-order valence-corrected chi connectivity index (χ1v) is 8.26. The van der Waals surface area contributed by atoms with E-state index < -0.39 is 10.0 Å². The van der Waals surface area contributed by atoms with Gasteiger partial charge in [-0.2, -0.15) is 0 Å². The Kier molecular flexibility index (Phi) is 6.42. The quantitative estimate of drug-likeness (QED) is 0.818. The normalized spacial score (nSPS) is 13.0. The molecule has 1 rings (SSSR count). The molecular formula is C12H16Cl2N2O4S. The Balaban J connectivity index is 2.93. The summed E-state index contributed by atoms with van der Waals surface area (Å²) in [6.45, 7) is 2.30. The lowest BCUT2D eigenvalue weighted by Crippen LogP contribution is -2.18. The first kappa shape index (κ1) is 18.2. The molecule has 0 aliphatic heterocycles. The molecule has 9 heteroatoms. The van der Waals surface area contributed by atoms with Crippen molar-refractivity contribution in [2.45, 2.75) is 18.2 Å². The average molecular weight is 355 g/mol. The van der Waals surface area contributed by atoms with Gasteiger partial charge in [0, 0.05) is 20.1 Å². The minimum absolute atomic E-state index is 0.000676. The Labute approximate surface area is 133 Å². The standard InChI is InChI=1S/C12H16Cl2N2O4S/c1-7(6-20-2)3-11(17)16-12-9(13)4-8(5-10(12)14)21(15,18)19/h4-5,7H,3,6H2,1-2H3,(H,16,17)(H2,15,18,19). The van der Waals surface area contributed by atoms with Crippen molar-refractivity contribution in [2.24, 2.45) is 11.1 Å². The highest BCUT2D eigenvalue weighted by atomic mass is 35.5. The second-order valence-electron chi connectivity index (χ2n) is 4.62. The fraction of sp³-hybridized carbons (Fsp3) is 0.417. The van der Waals surface area contributed by atoms with Gasteiger partial charge in [-0.1, -0.05) is 30.1 Å². The van der Waals surface area contributed by atoms with E-state index in [4.69, 9.17) is 33.1 Å². The molecule has 0 fully saturated rings. The molecule has 0 saturated carbocycles. The first-order valence-electron chi connectivity index (χ1n) is 5.95. The number of carbonyl (C=O) groups is 1. The third-order valence-corrected chi connectivity index (χ3v) is 4.08. The molecule has 6 nitrogen and oxygen atoms in total. The van der Waals surface area contributed by atoms with E-state index in [1.54, 1.807) is 7.11 Å². The molecule has 0 saturated heterocycles. The number of sulfonamides is 1. The Morgan fingerprint density at radius 1 is 1.38 bits per heavy atom. The summed E-state index contributed by atoms with van der Waals surface area (Å²) in [5.41, 5.74) is 0.153. The summed E-state index contributed by atoms with van der Waals surface area (Å²) in [7, 11) is -2.37. The van der Waals surface area contributed by atoms with E-state index in [0.717, 1.165) is 12.1 Å². The fourth-order valence-electron chi connectivity index (χ4n) is 1.68. The van der Waals surface area contributed by atoms with Gasteiger partial charge in [-0.05, 0) is 18.1 Å². The number of primary sulfonamides is 1. The number of carbonyl (C=O) groups excluding carboxylic acids is 1. The SMILES string of the molecule is COCC(C)CC(=O)Nc1c(Cl)cc(S(N)(=O)=O)cc1Cl. The number of halogens is 2. The molecule has 0 aliphatic rings. The molecule has 1 aromatic rings. The van der Waals surface area contributed by atoms with E-state index in [0.29, 0.717) is 6.61 Å². The molecule has 1 amide bonds. The van der Waals surface area contributed by atoms with Crippen LogP contribution in [0.25, 0.3) is 0 Å². The van der Waals surface area contributed by atoms with Gasteiger partial charge in [0.05, 0.1) is 20.6 Å². The van der Waals surface area contributed by atoms with Crippen LogP contribution in [0.5, 0.6) is 0 Å². The average Bonchev–Trinajstić information content (AvgIpc) is 2.32. The molecule has 0 aromatic heterocycles. The van der Waals surface area contributed by atoms with Crippen molar-refractivity contribution in [1.82, 2.24) is 0 Å². The number of methoxy groups -OCH3 is 1. The van der Waals surface area contributed by atoms with Crippen LogP contribution in [-0.2, 0) is 19.6 Å². The third kappa shape index (κ3) is 5.44. The van der Waals surface area contributed by atoms with Gasteiger partial charge >= 0.3 is 0 Å². The van der Waals surface area contributed by atoms with E-state index in [2.05, 4.69) is 5.32 Å². The number of anilines is 1. The summed E-state index contributed by atoms with van der Waals surface area (Å²) < 4.78 is 27.4. The van der Waals surface area contributed by atoms with Gasteiger partial charge in [-0.15, -0.1) is 0 Å². The molecule has 0 radical (unpaired) electrons. The Morgan fingerprint density at radius 2 is 1.90 bits per heavy atom. The monoisotopic (exact) mass is 354 g/mol. The van der Waals surface area contributed by atoms with Crippen molar-refractivity contribution >= 4 is 44.8 Å². The van der Waals surface area contributed by atoms with Crippen molar-refractivity contribution in [1.29, 1.82) is 0 Å². The van der Waals surface area contributed by atoms with Gasteiger partial charge in [0.2, 0.25) is 15.9 Å². The maximum absolute atomic E-state index is 11.9. The lowest BCUT2D eigenvalue weighted by atomic mass is 10.1. The number of amides is 1. The van der Waals surface area contributed by atoms with Gasteiger partial charge in [-0.3, -0.25) is 4.79 Å². The second kappa shape index (κ2) is 7.42. The number of rotatable bonds is 6. The smallest absolute Gasteiger partial charge is 0.238 e. The molecule has 1 aromatic carbocycles. The first-order chi connectivity index (χ1) is 9.65. The van der Waals surface area contributed by atoms with Crippen LogP contribution >= 0.6 is 23.2 Å². The Morgan fingerprint density at radius 3 is 2.33 bits per heavy atom. The number of hydrogen-bond acceptors (Lipinski definition) is 4. The zero-order valence-electron chi connectivity index (χ0n) is 11.5. The molecule has 1 unspecified atom stereocenters. The van der Waals surface area contributed by atoms with Gasteiger partial charge in [-0.25, -0.2) is 13.6 Å². The molecule has 1 atom stereocenters. The van der Waals surface area contributed by atoms with Gasteiger partial charge in [0.25, 0.3) is 0 Å². The molecular weight excluding hydrogens is 339 g/mol. The van der Waals surface area contributed by atoms with E-state index in [-0.39, 0.29) is 38.9 Å². The highest BCUT2D eigenvalue weighted by Crippen LogP contribution is 2.33. The highest BCUT2D eigenvalue weighted by Gasteiger charge is 2.17. The summed E-state index contributed by atoms with van der Waals surface area (Å²) >= 11 is 11.9. The second-order valence-corrected chi connectivity index (χ2v) is 7.00. The summed E-state index contributed by atoms with van der Waals surface area (Å²) in [6, 6.07) is 2.27. The zero-order valence-corrected chi connectivity index (χ0v) is 13.8. The molecule has 0 spiro atoms. The van der Waals surface area contributed by atoms with E-state index in [9.17, 15) is 13.2 Å². The summed E-state index contributed by atoms with van der Waals surface area (Å²) in [4.78, 5) is 11.6. The minimum Gasteiger partial charge on any atom is -0.384 e. The predicted octanol–water partition coefficient (Wildman–Crippen LogP) is 2.25. The summed E-state index contributed by atoms with van der Waals surface area (Å²) in [6.07, 6.45) is 0.220. The number of nitrogens with one attached hydrogen (secondary N) is 1. The lowest BCUT2D eigenvalue weighted by molar-refractivity contribution is -0.117. The number of hydrogen-bond donors (Lipinski definition) is 2. The maximum Gasteiger partial charge on any atom is 0.238 e. The van der Waals surface area contributed by atoms with E-state index in [1.165, 1.54) is 0 Å². The van der Waals surface area contributed by atoms with Crippen molar-refractivity contribution < 1.29 is 17.9 Å². The van der Waals surface area contributed by atoms with Gasteiger partial charge < -0.3 is 10.1 Å². The Bertz CT molecular complexity index is 611. The van der Waals surface area contributed by atoms with Crippen LogP contribution in [0.3, 0.4) is 0 Å². The van der Waals surface area contributed by atoms with Gasteiger partial charge in [0.1, 0.15) is 0 Å². The van der Waals surface area contributed by atoms with Crippen LogP contribution in [-0.4, -0.2) is 28.0 Å². The molecule has 0 aliphatic carbocycles. The molecule has 21 heavy (non-hydrogen) atoms. The van der Waals surface area contributed by atoms with Crippen LogP contribution in [0.15, 0.2) is 17.0 Å². The van der Waals surface area contributed by atoms with Crippen molar-refractivity contribution in [2.75, 3.05) is 19.0 Å². The third-order valence-electron chi connectivity index (χ3n) is 2.59. The van der Waals surface area contributed by atoms with Crippen molar-refractivity contribution in [3.63, 3.8) is 0 Å². The van der Waals surface area contributed by atoms with E-state index in [1.807, 2.05) is 6.92 Å². The van der Waals surface area contributed by atoms with Crippen LogP contribution < -0.4 is 10.5 Å². The summed E-state index contributed by atoms with van der Waals surface area (Å²) in [5.74, 6) is -0.275. The Hall–Kier alpha value is -0.860. The molecule has 0 bridgehead atoms. The topological polar surface area (TPSA) is 98.5 Å². The van der Waals surface area contributed by atoms with E-state index >= 15 is 0 Å². The number of nitrogens with two attached hydrogens (primary N) is 1. The zero-order chi connectivity index (χ0) is 16.2. The fourth-order valence-corrected chi connectivity index (χ4v) is 2.96. The minimum atomic E-state index is -3.92. The highest BCUT2D eigenvalue weighted by molar-refractivity contribution is 7.89. The van der Waals surface area contributed by atoms with Gasteiger partial charge in [0.15, 0.2) is 0 Å². The van der Waals surface area contributed by atoms with Crippen LogP contribution in [0.2, 0.25) is 10.0 Å². The van der Waals surface area contributed by atoms with Crippen molar-refractivity contribution in [3.05, 3.63) is 22.2 Å². The van der Waals surface area contributed by atoms with Crippen LogP contribution in [0, 0.1) is 5.92 Å². The van der Waals surface area contributed by atoms with Crippen LogP contribution in [0.4, 0.5) is 5.69 Å². The van der Waals surface area contributed by atoms with Crippen LogP contribution in [0.1, 0.15) is 13.3 Å². The predicted molar refractivity (Wildman–Crippen MR) is 82.1 cm³/mol. The molecule has 0 heterocycles. The maximum atomic E-state index is 11.9. The number of benzene rings is 1.